The third kappa shape index (κ3) is 4.17. The van der Waals surface area contributed by atoms with Crippen molar-refractivity contribution in [1.29, 1.82) is 0 Å². The van der Waals surface area contributed by atoms with E-state index in [-0.39, 0.29) is 5.91 Å². The minimum atomic E-state index is -1.17. The summed E-state index contributed by atoms with van der Waals surface area (Å²) in [6.45, 7) is 0.730. The summed E-state index contributed by atoms with van der Waals surface area (Å²) in [5, 5.41) is 14.6. The van der Waals surface area contributed by atoms with E-state index in [1.54, 1.807) is 0 Å². The number of amides is 1. The van der Waals surface area contributed by atoms with Gasteiger partial charge in [-0.15, -0.1) is 0 Å². The third-order valence-electron chi connectivity index (χ3n) is 4.82. The number of aryl methyl sites for hydroxylation is 1. The number of carboxylic acids is 1. The molecule has 0 saturated carbocycles. The Bertz CT molecular complexity index is 765. The largest absolute Gasteiger partial charge is 0.480 e. The minimum absolute atomic E-state index is 0.204. The van der Waals surface area contributed by atoms with Crippen LogP contribution in [0.2, 0.25) is 0 Å². The van der Waals surface area contributed by atoms with Gasteiger partial charge in [-0.25, -0.2) is 4.79 Å². The maximum atomic E-state index is 12.2. The number of ether oxygens (including phenoxy) is 1. The number of rotatable bonds is 6. The molecule has 0 aliphatic carbocycles. The van der Waals surface area contributed by atoms with Crippen LogP contribution >= 0.6 is 0 Å². The highest BCUT2D eigenvalue weighted by atomic mass is 16.5. The molecule has 2 aromatic rings. The molecule has 25 heavy (non-hydrogen) atoms. The van der Waals surface area contributed by atoms with Crippen molar-refractivity contribution in [3.63, 3.8) is 0 Å². The van der Waals surface area contributed by atoms with E-state index < -0.39 is 11.5 Å². The fourth-order valence-corrected chi connectivity index (χ4v) is 3.29. The quantitative estimate of drug-likeness (QED) is 0.847. The fourth-order valence-electron chi connectivity index (χ4n) is 3.29. The molecule has 5 heteroatoms. The lowest BCUT2D eigenvalue weighted by molar-refractivity contribution is -0.152. The van der Waals surface area contributed by atoms with Gasteiger partial charge in [0, 0.05) is 32.5 Å². The summed E-state index contributed by atoms with van der Waals surface area (Å²) in [6, 6.07) is 14.5. The Hall–Kier alpha value is -2.40. The van der Waals surface area contributed by atoms with E-state index in [0.29, 0.717) is 38.9 Å². The smallest absolute Gasteiger partial charge is 0.329 e. The van der Waals surface area contributed by atoms with E-state index in [1.807, 2.05) is 12.1 Å². The SMILES string of the molecule is O=C(CCCc1ccc2ccccc2c1)NC1(C(=O)O)CCOCC1. The average Bonchev–Trinajstić information content (AvgIpc) is 2.62. The number of hydrogen-bond acceptors (Lipinski definition) is 3. The molecule has 1 heterocycles. The Kier molecular flexibility index (Phi) is 5.34. The second-order valence-corrected chi connectivity index (χ2v) is 6.58. The third-order valence-corrected chi connectivity index (χ3v) is 4.82. The van der Waals surface area contributed by atoms with E-state index in [1.165, 1.54) is 16.3 Å². The van der Waals surface area contributed by atoms with Crippen LogP contribution in [-0.4, -0.2) is 35.7 Å². The first-order chi connectivity index (χ1) is 12.1. The van der Waals surface area contributed by atoms with Crippen molar-refractivity contribution < 1.29 is 19.4 Å². The van der Waals surface area contributed by atoms with Gasteiger partial charge >= 0.3 is 5.97 Å². The van der Waals surface area contributed by atoms with Gasteiger partial charge in [0.1, 0.15) is 5.54 Å². The standard InChI is InChI=1S/C20H23NO4/c22-18(21-20(19(23)24)10-12-25-13-11-20)7-3-4-15-8-9-16-5-1-2-6-17(16)14-15/h1-2,5-6,8-9,14H,3-4,7,10-13H2,(H,21,22)(H,23,24). The van der Waals surface area contributed by atoms with Crippen LogP contribution in [0.5, 0.6) is 0 Å². The molecule has 1 aliphatic rings. The molecule has 0 radical (unpaired) electrons. The molecule has 0 atom stereocenters. The van der Waals surface area contributed by atoms with Crippen LogP contribution in [0.1, 0.15) is 31.2 Å². The van der Waals surface area contributed by atoms with E-state index in [2.05, 4.69) is 35.6 Å². The van der Waals surface area contributed by atoms with Gasteiger partial charge in [0.2, 0.25) is 5.91 Å². The van der Waals surface area contributed by atoms with Crippen LogP contribution in [0.4, 0.5) is 0 Å². The van der Waals surface area contributed by atoms with Crippen molar-refractivity contribution in [2.75, 3.05) is 13.2 Å². The van der Waals surface area contributed by atoms with Crippen LogP contribution in [0.15, 0.2) is 42.5 Å². The summed E-state index contributed by atoms with van der Waals surface area (Å²) < 4.78 is 5.22. The topological polar surface area (TPSA) is 75.6 Å². The molecule has 132 valence electrons. The highest BCUT2D eigenvalue weighted by Gasteiger charge is 2.41. The molecule has 1 amide bonds. The summed E-state index contributed by atoms with van der Waals surface area (Å²) in [6.07, 6.45) is 2.44. The number of nitrogens with one attached hydrogen (secondary N) is 1. The number of aliphatic carboxylic acids is 1. The molecular weight excluding hydrogens is 318 g/mol. The van der Waals surface area contributed by atoms with Crippen LogP contribution in [0.25, 0.3) is 10.8 Å². The molecule has 0 aromatic heterocycles. The molecule has 5 nitrogen and oxygen atoms in total. The first-order valence-electron chi connectivity index (χ1n) is 8.69. The molecule has 0 spiro atoms. The lowest BCUT2D eigenvalue weighted by atomic mass is 9.90. The predicted molar refractivity (Wildman–Crippen MR) is 95.4 cm³/mol. The maximum absolute atomic E-state index is 12.2. The van der Waals surface area contributed by atoms with Gasteiger partial charge in [0.25, 0.3) is 0 Å². The zero-order valence-electron chi connectivity index (χ0n) is 14.2. The van der Waals surface area contributed by atoms with E-state index in [0.717, 1.165) is 6.42 Å². The Balaban J connectivity index is 1.53. The first-order valence-corrected chi connectivity index (χ1v) is 8.69. The summed E-state index contributed by atoms with van der Waals surface area (Å²) in [5.74, 6) is -1.18. The zero-order valence-corrected chi connectivity index (χ0v) is 14.2. The number of benzene rings is 2. The van der Waals surface area contributed by atoms with Crippen molar-refractivity contribution >= 4 is 22.6 Å². The van der Waals surface area contributed by atoms with Crippen molar-refractivity contribution in [3.05, 3.63) is 48.0 Å². The van der Waals surface area contributed by atoms with E-state index in [9.17, 15) is 14.7 Å². The summed E-state index contributed by atoms with van der Waals surface area (Å²) >= 11 is 0. The maximum Gasteiger partial charge on any atom is 0.329 e. The van der Waals surface area contributed by atoms with Crippen LogP contribution in [-0.2, 0) is 20.7 Å². The minimum Gasteiger partial charge on any atom is -0.480 e. The number of carboxylic acid groups (broad SMARTS) is 1. The van der Waals surface area contributed by atoms with Crippen molar-refractivity contribution in [3.8, 4) is 0 Å². The molecule has 3 rings (SSSR count). The normalized spacial score (nSPS) is 16.5. The lowest BCUT2D eigenvalue weighted by Crippen LogP contribution is -2.57. The highest BCUT2D eigenvalue weighted by molar-refractivity contribution is 5.87. The van der Waals surface area contributed by atoms with Crippen molar-refractivity contribution in [1.82, 2.24) is 5.32 Å². The molecule has 0 bridgehead atoms. The lowest BCUT2D eigenvalue weighted by Gasteiger charge is -2.33. The molecular formula is C20H23NO4. The van der Waals surface area contributed by atoms with E-state index >= 15 is 0 Å². The van der Waals surface area contributed by atoms with Gasteiger partial charge in [-0.3, -0.25) is 4.79 Å². The fraction of sp³-hybridized carbons (Fsp3) is 0.400. The van der Waals surface area contributed by atoms with Crippen LogP contribution in [0, 0.1) is 0 Å². The molecule has 1 aliphatic heterocycles. The van der Waals surface area contributed by atoms with Crippen molar-refractivity contribution in [2.45, 2.75) is 37.6 Å². The zero-order chi connectivity index (χ0) is 17.7. The van der Waals surface area contributed by atoms with Crippen LogP contribution in [0.3, 0.4) is 0 Å². The van der Waals surface area contributed by atoms with Gasteiger partial charge in [-0.05, 0) is 29.2 Å². The molecule has 1 fully saturated rings. The van der Waals surface area contributed by atoms with Gasteiger partial charge in [-0.1, -0.05) is 42.5 Å². The number of carbonyl (C=O) groups is 2. The number of fused-ring (bicyclic) bond motifs is 1. The Morgan fingerprint density at radius 2 is 1.80 bits per heavy atom. The Labute approximate surface area is 147 Å². The monoisotopic (exact) mass is 341 g/mol. The van der Waals surface area contributed by atoms with Crippen molar-refractivity contribution in [2.24, 2.45) is 0 Å². The van der Waals surface area contributed by atoms with Gasteiger partial charge in [-0.2, -0.15) is 0 Å². The Morgan fingerprint density at radius 1 is 1.08 bits per heavy atom. The Morgan fingerprint density at radius 3 is 2.52 bits per heavy atom. The van der Waals surface area contributed by atoms with E-state index in [4.69, 9.17) is 4.74 Å². The van der Waals surface area contributed by atoms with Gasteiger partial charge < -0.3 is 15.2 Å². The number of carbonyl (C=O) groups excluding carboxylic acids is 1. The second-order valence-electron chi connectivity index (χ2n) is 6.58. The first kappa shape index (κ1) is 17.4. The van der Waals surface area contributed by atoms with Gasteiger partial charge in [0.05, 0.1) is 0 Å². The number of hydrogen-bond donors (Lipinski definition) is 2. The molecule has 2 aromatic carbocycles. The average molecular weight is 341 g/mol. The molecule has 2 N–H and O–H groups in total. The second kappa shape index (κ2) is 7.66. The summed E-state index contributed by atoms with van der Waals surface area (Å²) in [7, 11) is 0. The summed E-state index contributed by atoms with van der Waals surface area (Å²) in [5.41, 5.74) is 0.0173. The molecule has 1 saturated heterocycles. The van der Waals surface area contributed by atoms with Gasteiger partial charge in [0.15, 0.2) is 0 Å². The predicted octanol–water partition coefficient (Wildman–Crippen LogP) is 2.91. The van der Waals surface area contributed by atoms with Crippen LogP contribution < -0.4 is 5.32 Å². The highest BCUT2D eigenvalue weighted by Crippen LogP contribution is 2.22. The molecule has 0 unspecified atom stereocenters. The summed E-state index contributed by atoms with van der Waals surface area (Å²) in [4.78, 5) is 23.8.